The summed E-state index contributed by atoms with van der Waals surface area (Å²) in [5.74, 6) is -1.71. The molecule has 2 aromatic rings. The molecule has 0 atom stereocenters. The van der Waals surface area contributed by atoms with Crippen molar-refractivity contribution in [3.8, 4) is 0 Å². The molecular weight excluding hydrogens is 530 g/mol. The number of hydrogen-bond acceptors (Lipinski definition) is 8. The van der Waals surface area contributed by atoms with E-state index in [4.69, 9.17) is 21.4 Å². The molecule has 0 aromatic carbocycles. The third-order valence-electron chi connectivity index (χ3n) is 5.27. The third kappa shape index (κ3) is 12.6. The number of hydrogen-bond donors (Lipinski definition) is 3. The highest BCUT2D eigenvalue weighted by Crippen LogP contribution is 2.20. The first-order chi connectivity index (χ1) is 18.4. The molecular formula is C25H36ClN7O6. The fraction of sp³-hybridized carbons (Fsp3) is 0.560. The minimum Gasteiger partial charge on any atom is -0.481 e. The zero-order chi connectivity index (χ0) is 28.8. The lowest BCUT2D eigenvalue weighted by atomic mass is 10.1. The van der Waals surface area contributed by atoms with Gasteiger partial charge in [0, 0.05) is 25.7 Å². The number of aromatic nitrogens is 4. The Kier molecular flexibility index (Phi) is 12.6. The molecule has 2 rings (SSSR count). The van der Waals surface area contributed by atoms with E-state index in [9.17, 15) is 19.2 Å². The van der Waals surface area contributed by atoms with E-state index in [2.05, 4.69) is 25.9 Å². The quantitative estimate of drug-likeness (QED) is 0.216. The van der Waals surface area contributed by atoms with Crippen molar-refractivity contribution < 1.29 is 29.0 Å². The molecule has 2 aromatic heterocycles. The zero-order valence-electron chi connectivity index (χ0n) is 22.5. The molecule has 0 aliphatic rings. The summed E-state index contributed by atoms with van der Waals surface area (Å²) in [6.45, 7) is 5.80. The lowest BCUT2D eigenvalue weighted by Gasteiger charge is -2.27. The van der Waals surface area contributed by atoms with Gasteiger partial charge in [0.05, 0.1) is 18.4 Å². The Morgan fingerprint density at radius 2 is 1.82 bits per heavy atom. The monoisotopic (exact) mass is 565 g/mol. The summed E-state index contributed by atoms with van der Waals surface area (Å²) in [7, 11) is 0. The predicted molar refractivity (Wildman–Crippen MR) is 143 cm³/mol. The van der Waals surface area contributed by atoms with Gasteiger partial charge in [0.15, 0.2) is 5.15 Å². The predicted octanol–water partition coefficient (Wildman–Crippen LogP) is 3.36. The number of nitrogens with zero attached hydrogens (tertiary/aromatic N) is 5. The van der Waals surface area contributed by atoms with Crippen molar-refractivity contribution in [2.24, 2.45) is 0 Å². The van der Waals surface area contributed by atoms with E-state index in [1.165, 1.54) is 27.9 Å². The van der Waals surface area contributed by atoms with Gasteiger partial charge in [-0.1, -0.05) is 36.1 Å². The number of carbonyl (C=O) groups excluding carboxylic acids is 3. The Labute approximate surface area is 232 Å². The van der Waals surface area contributed by atoms with Crippen LogP contribution in [0.2, 0.25) is 5.15 Å². The molecule has 0 fully saturated rings. The summed E-state index contributed by atoms with van der Waals surface area (Å²) in [5.41, 5.74) is -0.451. The van der Waals surface area contributed by atoms with Crippen LogP contribution in [0.25, 0.3) is 0 Å². The molecule has 13 nitrogen and oxygen atoms in total. The Hall–Kier alpha value is -3.74. The van der Waals surface area contributed by atoms with Gasteiger partial charge in [-0.05, 0) is 45.7 Å². The summed E-state index contributed by atoms with van der Waals surface area (Å²) in [4.78, 5) is 53.6. The lowest BCUT2D eigenvalue weighted by molar-refractivity contribution is -0.137. The van der Waals surface area contributed by atoms with Gasteiger partial charge in [0.1, 0.15) is 17.8 Å². The van der Waals surface area contributed by atoms with Crippen LogP contribution in [-0.2, 0) is 20.9 Å². The molecule has 0 radical (unpaired) electrons. The first-order valence-electron chi connectivity index (χ1n) is 12.7. The summed E-state index contributed by atoms with van der Waals surface area (Å²) in [6, 6.07) is 2.91. The number of aliphatic carboxylic acids is 1. The van der Waals surface area contributed by atoms with Gasteiger partial charge in [0.25, 0.3) is 5.91 Å². The van der Waals surface area contributed by atoms with Crippen molar-refractivity contribution >= 4 is 41.2 Å². The van der Waals surface area contributed by atoms with Crippen LogP contribution in [0.4, 0.5) is 10.5 Å². The number of carbonyl (C=O) groups is 4. The fourth-order valence-electron chi connectivity index (χ4n) is 3.38. The van der Waals surface area contributed by atoms with Crippen LogP contribution < -0.4 is 10.6 Å². The third-order valence-corrected chi connectivity index (χ3v) is 5.55. The maximum Gasteiger partial charge on any atom is 0.410 e. The number of ether oxygens (including phenoxy) is 1. The smallest absolute Gasteiger partial charge is 0.410 e. The van der Waals surface area contributed by atoms with E-state index in [1.807, 2.05) is 0 Å². The number of anilines is 1. The highest BCUT2D eigenvalue weighted by molar-refractivity contribution is 6.32. The van der Waals surface area contributed by atoms with E-state index in [0.717, 1.165) is 25.7 Å². The number of nitrogens with one attached hydrogen (secondary N) is 2. The molecule has 0 saturated heterocycles. The first-order valence-corrected chi connectivity index (χ1v) is 13.1. The van der Waals surface area contributed by atoms with Gasteiger partial charge in [-0.25, -0.2) is 9.78 Å². The molecule has 14 heteroatoms. The fourth-order valence-corrected chi connectivity index (χ4v) is 3.58. The Morgan fingerprint density at radius 1 is 1.10 bits per heavy atom. The van der Waals surface area contributed by atoms with E-state index < -0.39 is 29.5 Å². The summed E-state index contributed by atoms with van der Waals surface area (Å²) >= 11 is 6.22. The minimum atomic E-state index is -0.791. The Morgan fingerprint density at radius 3 is 2.46 bits per heavy atom. The van der Waals surface area contributed by atoms with Crippen LogP contribution in [0.1, 0.15) is 69.8 Å². The molecule has 2 heterocycles. The largest absolute Gasteiger partial charge is 0.481 e. The molecule has 0 spiro atoms. The molecule has 39 heavy (non-hydrogen) atoms. The van der Waals surface area contributed by atoms with E-state index in [1.54, 1.807) is 27.0 Å². The molecule has 0 aliphatic heterocycles. The second-order valence-electron chi connectivity index (χ2n) is 9.82. The first kappa shape index (κ1) is 31.5. The molecule has 3 N–H and O–H groups in total. The number of pyridine rings is 1. The summed E-state index contributed by atoms with van der Waals surface area (Å²) in [6.07, 6.45) is 6.67. The topological polar surface area (TPSA) is 169 Å². The average molecular weight is 566 g/mol. The Balaban J connectivity index is 1.86. The number of rotatable bonds is 15. The second kappa shape index (κ2) is 15.6. The molecule has 0 saturated carbocycles. The summed E-state index contributed by atoms with van der Waals surface area (Å²) in [5, 5.41) is 21.5. The number of carboxylic acids is 1. The van der Waals surface area contributed by atoms with Crippen molar-refractivity contribution in [1.82, 2.24) is 30.2 Å². The van der Waals surface area contributed by atoms with Crippen LogP contribution in [0.5, 0.6) is 0 Å². The normalized spacial score (nSPS) is 11.1. The van der Waals surface area contributed by atoms with Crippen LogP contribution in [0.15, 0.2) is 24.5 Å². The standard InChI is InChI=1S/C25H36ClN7O6/c1-25(2,3)39-24(38)32(15-16-33-14-13-28-31-33)17-20(34)29-18-10-11-19(30-22(18)26)23(37)27-12-8-6-4-5-7-9-21(35)36/h10-11,13-14H,4-9,12,15-17H2,1-3H3,(H,27,37)(H,29,34)(H,35,36). The van der Waals surface area contributed by atoms with Crippen molar-refractivity contribution in [1.29, 1.82) is 0 Å². The van der Waals surface area contributed by atoms with Crippen molar-refractivity contribution in [2.75, 3.05) is 25.0 Å². The van der Waals surface area contributed by atoms with E-state index in [-0.39, 0.29) is 36.0 Å². The van der Waals surface area contributed by atoms with Crippen LogP contribution in [-0.4, -0.2) is 79.1 Å². The average Bonchev–Trinajstić information content (AvgIpc) is 3.37. The number of carboxylic acid groups (broad SMARTS) is 1. The van der Waals surface area contributed by atoms with E-state index >= 15 is 0 Å². The minimum absolute atomic E-state index is 0.0686. The van der Waals surface area contributed by atoms with Crippen molar-refractivity contribution in [2.45, 2.75) is 71.4 Å². The van der Waals surface area contributed by atoms with Gasteiger partial charge < -0.3 is 20.5 Å². The second-order valence-corrected chi connectivity index (χ2v) is 10.2. The van der Waals surface area contributed by atoms with E-state index in [0.29, 0.717) is 19.5 Å². The van der Waals surface area contributed by atoms with Gasteiger partial charge in [-0.15, -0.1) is 5.10 Å². The molecule has 214 valence electrons. The highest BCUT2D eigenvalue weighted by atomic mass is 35.5. The van der Waals surface area contributed by atoms with Gasteiger partial charge in [0.2, 0.25) is 5.91 Å². The SMILES string of the molecule is CC(C)(C)OC(=O)N(CCn1ccnn1)CC(=O)Nc1ccc(C(=O)NCCCCCCCC(=O)O)nc1Cl. The van der Waals surface area contributed by atoms with Crippen molar-refractivity contribution in [3.63, 3.8) is 0 Å². The number of halogens is 1. The Bertz CT molecular complexity index is 1100. The maximum absolute atomic E-state index is 12.7. The molecule has 0 aliphatic carbocycles. The molecule has 0 unspecified atom stereocenters. The zero-order valence-corrected chi connectivity index (χ0v) is 23.2. The van der Waals surface area contributed by atoms with Crippen LogP contribution >= 0.6 is 11.6 Å². The number of amides is 3. The van der Waals surface area contributed by atoms with Gasteiger partial charge in [-0.2, -0.15) is 0 Å². The summed E-state index contributed by atoms with van der Waals surface area (Å²) < 4.78 is 6.95. The van der Waals surface area contributed by atoms with Gasteiger partial charge in [-0.3, -0.25) is 24.0 Å². The van der Waals surface area contributed by atoms with Gasteiger partial charge >= 0.3 is 12.1 Å². The van der Waals surface area contributed by atoms with Crippen molar-refractivity contribution in [3.05, 3.63) is 35.4 Å². The van der Waals surface area contributed by atoms with Crippen LogP contribution in [0.3, 0.4) is 0 Å². The molecule has 3 amide bonds. The number of unbranched alkanes of at least 4 members (excludes halogenated alkanes) is 4. The maximum atomic E-state index is 12.7. The molecule has 0 bridgehead atoms. The van der Waals surface area contributed by atoms with Crippen LogP contribution in [0, 0.1) is 0 Å². The highest BCUT2D eigenvalue weighted by Gasteiger charge is 2.24. The lowest BCUT2D eigenvalue weighted by Crippen LogP contribution is -2.43.